The molecule has 1 aromatic carbocycles. The van der Waals surface area contributed by atoms with Crippen molar-refractivity contribution in [2.75, 3.05) is 0 Å². The first-order valence-corrected chi connectivity index (χ1v) is 7.85. The van der Waals surface area contributed by atoms with Crippen LogP contribution in [-0.4, -0.2) is 5.78 Å². The van der Waals surface area contributed by atoms with Crippen LogP contribution in [0.1, 0.15) is 70.6 Å². The van der Waals surface area contributed by atoms with Crippen LogP contribution in [0.25, 0.3) is 0 Å². The van der Waals surface area contributed by atoms with Crippen LogP contribution in [-0.2, 0) is 16.6 Å². The SMILES string of the molecule is CCCC(=O)CC(C)Cc1cc(C(C)(C)C)ccc1C. The lowest BCUT2D eigenvalue weighted by molar-refractivity contribution is -0.119. The van der Waals surface area contributed by atoms with E-state index in [0.29, 0.717) is 18.1 Å². The molecule has 1 unspecified atom stereocenters. The largest absolute Gasteiger partial charge is 0.300 e. The number of hydrogen-bond donors (Lipinski definition) is 0. The van der Waals surface area contributed by atoms with Gasteiger partial charge in [-0.3, -0.25) is 4.79 Å². The molecule has 1 heteroatoms. The highest BCUT2D eigenvalue weighted by Crippen LogP contribution is 2.26. The fourth-order valence-corrected chi connectivity index (χ4v) is 2.58. The molecule has 1 nitrogen and oxygen atoms in total. The van der Waals surface area contributed by atoms with Gasteiger partial charge < -0.3 is 0 Å². The highest BCUT2D eigenvalue weighted by Gasteiger charge is 2.16. The summed E-state index contributed by atoms with van der Waals surface area (Å²) in [6.07, 6.45) is 3.41. The van der Waals surface area contributed by atoms with Crippen molar-refractivity contribution in [3.05, 3.63) is 34.9 Å². The van der Waals surface area contributed by atoms with Crippen LogP contribution in [0.3, 0.4) is 0 Å². The zero-order chi connectivity index (χ0) is 15.3. The maximum atomic E-state index is 11.8. The molecule has 1 atom stereocenters. The molecule has 0 fully saturated rings. The molecule has 0 aromatic heterocycles. The van der Waals surface area contributed by atoms with Gasteiger partial charge in [0.25, 0.3) is 0 Å². The first-order valence-electron chi connectivity index (χ1n) is 7.85. The van der Waals surface area contributed by atoms with Gasteiger partial charge in [0, 0.05) is 12.8 Å². The van der Waals surface area contributed by atoms with Crippen LogP contribution in [0.5, 0.6) is 0 Å². The fraction of sp³-hybridized carbons (Fsp3) is 0.632. The summed E-state index contributed by atoms with van der Waals surface area (Å²) in [4.78, 5) is 11.8. The van der Waals surface area contributed by atoms with E-state index in [-0.39, 0.29) is 5.41 Å². The molecule has 0 radical (unpaired) electrons. The van der Waals surface area contributed by atoms with Gasteiger partial charge in [0.05, 0.1) is 0 Å². The minimum Gasteiger partial charge on any atom is -0.300 e. The number of hydrogen-bond acceptors (Lipinski definition) is 1. The van der Waals surface area contributed by atoms with Crippen molar-refractivity contribution in [2.45, 2.75) is 72.6 Å². The Morgan fingerprint density at radius 3 is 2.45 bits per heavy atom. The molecule has 0 saturated heterocycles. The van der Waals surface area contributed by atoms with Gasteiger partial charge in [-0.15, -0.1) is 0 Å². The molecule has 1 rings (SSSR count). The Kier molecular flexibility index (Phi) is 5.98. The Hall–Kier alpha value is -1.11. The molecule has 0 aliphatic heterocycles. The molecular weight excluding hydrogens is 244 g/mol. The minimum atomic E-state index is 0.184. The van der Waals surface area contributed by atoms with Gasteiger partial charge in [-0.25, -0.2) is 0 Å². The highest BCUT2D eigenvalue weighted by molar-refractivity contribution is 5.78. The summed E-state index contributed by atoms with van der Waals surface area (Å²) in [5, 5.41) is 0. The maximum absolute atomic E-state index is 11.8. The van der Waals surface area contributed by atoms with E-state index in [1.807, 2.05) is 0 Å². The second-order valence-electron chi connectivity index (χ2n) is 7.19. The van der Waals surface area contributed by atoms with E-state index >= 15 is 0 Å². The minimum absolute atomic E-state index is 0.184. The van der Waals surface area contributed by atoms with Crippen molar-refractivity contribution in [2.24, 2.45) is 5.92 Å². The molecule has 0 N–H and O–H groups in total. The molecule has 0 spiro atoms. The van der Waals surface area contributed by atoms with E-state index < -0.39 is 0 Å². The van der Waals surface area contributed by atoms with E-state index in [2.05, 4.69) is 59.7 Å². The van der Waals surface area contributed by atoms with Crippen LogP contribution < -0.4 is 0 Å². The van der Waals surface area contributed by atoms with Crippen molar-refractivity contribution in [3.8, 4) is 0 Å². The molecule has 1 aromatic rings. The topological polar surface area (TPSA) is 17.1 Å². The number of carbonyl (C=O) groups excluding carboxylic acids is 1. The summed E-state index contributed by atoms with van der Waals surface area (Å²) >= 11 is 0. The van der Waals surface area contributed by atoms with Gasteiger partial charge in [0.1, 0.15) is 5.78 Å². The van der Waals surface area contributed by atoms with Crippen molar-refractivity contribution in [1.29, 1.82) is 0 Å². The average molecular weight is 274 g/mol. The van der Waals surface area contributed by atoms with E-state index in [1.165, 1.54) is 16.7 Å². The number of rotatable bonds is 6. The van der Waals surface area contributed by atoms with Gasteiger partial charge in [-0.2, -0.15) is 0 Å². The number of aryl methyl sites for hydroxylation is 1. The van der Waals surface area contributed by atoms with Gasteiger partial charge in [-0.05, 0) is 47.8 Å². The van der Waals surface area contributed by atoms with Crippen LogP contribution >= 0.6 is 0 Å². The molecule has 112 valence electrons. The smallest absolute Gasteiger partial charge is 0.133 e. The normalized spacial score (nSPS) is 13.3. The molecule has 0 heterocycles. The third kappa shape index (κ3) is 5.11. The molecule has 0 aliphatic carbocycles. The highest BCUT2D eigenvalue weighted by atomic mass is 16.1. The quantitative estimate of drug-likeness (QED) is 0.694. The zero-order valence-electron chi connectivity index (χ0n) is 14.0. The lowest BCUT2D eigenvalue weighted by Crippen LogP contribution is -2.13. The molecular formula is C19H30O. The summed E-state index contributed by atoms with van der Waals surface area (Å²) < 4.78 is 0. The number of Topliss-reactive ketones (excluding diaryl/α,β-unsaturated/α-hetero) is 1. The molecule has 0 aliphatic rings. The summed E-state index contributed by atoms with van der Waals surface area (Å²) in [5.74, 6) is 0.840. The van der Waals surface area contributed by atoms with E-state index in [4.69, 9.17) is 0 Å². The lowest BCUT2D eigenvalue weighted by Gasteiger charge is -2.22. The Morgan fingerprint density at radius 1 is 1.25 bits per heavy atom. The first kappa shape index (κ1) is 16.9. The second kappa shape index (κ2) is 7.06. The van der Waals surface area contributed by atoms with Crippen molar-refractivity contribution in [1.82, 2.24) is 0 Å². The zero-order valence-corrected chi connectivity index (χ0v) is 14.0. The van der Waals surface area contributed by atoms with E-state index in [9.17, 15) is 4.79 Å². The maximum Gasteiger partial charge on any atom is 0.133 e. The van der Waals surface area contributed by atoms with Crippen LogP contribution in [0.2, 0.25) is 0 Å². The Bertz CT molecular complexity index is 451. The first-order chi connectivity index (χ1) is 9.24. The molecule has 0 amide bonds. The van der Waals surface area contributed by atoms with Gasteiger partial charge >= 0.3 is 0 Å². The van der Waals surface area contributed by atoms with Crippen LogP contribution in [0, 0.1) is 12.8 Å². The predicted molar refractivity (Wildman–Crippen MR) is 87.3 cm³/mol. The van der Waals surface area contributed by atoms with Crippen molar-refractivity contribution >= 4 is 5.78 Å². The number of benzene rings is 1. The number of ketones is 1. The van der Waals surface area contributed by atoms with Crippen molar-refractivity contribution < 1.29 is 4.79 Å². The lowest BCUT2D eigenvalue weighted by atomic mass is 9.83. The van der Waals surface area contributed by atoms with E-state index in [1.54, 1.807) is 0 Å². The molecule has 0 saturated carbocycles. The monoisotopic (exact) mass is 274 g/mol. The van der Waals surface area contributed by atoms with Gasteiger partial charge in [-0.1, -0.05) is 52.8 Å². The summed E-state index contributed by atoms with van der Waals surface area (Å²) in [6.45, 7) is 13.2. The second-order valence-corrected chi connectivity index (χ2v) is 7.19. The summed E-state index contributed by atoms with van der Waals surface area (Å²) in [6, 6.07) is 6.78. The molecule has 20 heavy (non-hydrogen) atoms. The van der Waals surface area contributed by atoms with Gasteiger partial charge in [0.15, 0.2) is 0 Å². The third-order valence-corrected chi connectivity index (χ3v) is 3.89. The Balaban J connectivity index is 2.79. The summed E-state index contributed by atoms with van der Waals surface area (Å²) in [5.41, 5.74) is 4.30. The fourth-order valence-electron chi connectivity index (χ4n) is 2.58. The van der Waals surface area contributed by atoms with Crippen LogP contribution in [0.15, 0.2) is 18.2 Å². The van der Waals surface area contributed by atoms with Crippen LogP contribution in [0.4, 0.5) is 0 Å². The Labute approximate surface area is 124 Å². The predicted octanol–water partition coefficient (Wildman–Crippen LogP) is 5.23. The summed E-state index contributed by atoms with van der Waals surface area (Å²) in [7, 11) is 0. The standard InChI is InChI=1S/C19H30O/c1-7-8-18(20)12-14(2)11-16-13-17(19(4,5)6)10-9-15(16)3/h9-10,13-14H,7-8,11-12H2,1-6H3. The average Bonchev–Trinajstić information content (AvgIpc) is 2.30. The Morgan fingerprint density at radius 2 is 1.90 bits per heavy atom. The molecule has 0 bridgehead atoms. The third-order valence-electron chi connectivity index (χ3n) is 3.89. The van der Waals surface area contributed by atoms with E-state index in [0.717, 1.165) is 19.3 Å². The van der Waals surface area contributed by atoms with Crippen molar-refractivity contribution in [3.63, 3.8) is 0 Å². The van der Waals surface area contributed by atoms with Gasteiger partial charge in [0.2, 0.25) is 0 Å². The number of carbonyl (C=O) groups is 1.